The van der Waals surface area contributed by atoms with Crippen molar-refractivity contribution in [2.75, 3.05) is 19.6 Å². The summed E-state index contributed by atoms with van der Waals surface area (Å²) in [5.41, 5.74) is 0.990. The molecule has 4 bridgehead atoms. The van der Waals surface area contributed by atoms with Gasteiger partial charge in [-0.1, -0.05) is 13.8 Å². The van der Waals surface area contributed by atoms with Gasteiger partial charge < -0.3 is 5.32 Å². The van der Waals surface area contributed by atoms with Crippen LogP contribution in [0.1, 0.15) is 82.0 Å². The number of rotatable bonds is 10. The molecule has 5 nitrogen and oxygen atoms in total. The molecule has 0 aromatic heterocycles. The molecule has 1 aromatic carbocycles. The molecule has 4 aliphatic carbocycles. The topological polar surface area (TPSA) is 66.5 Å². The van der Waals surface area contributed by atoms with E-state index in [-0.39, 0.29) is 10.8 Å². The van der Waals surface area contributed by atoms with E-state index >= 15 is 0 Å². The van der Waals surface area contributed by atoms with Crippen molar-refractivity contribution in [2.45, 2.75) is 76.5 Å². The Bertz CT molecular complexity index is 837. The average molecular weight is 447 g/mol. The van der Waals surface area contributed by atoms with E-state index in [1.165, 1.54) is 42.8 Å². The summed E-state index contributed by atoms with van der Waals surface area (Å²) in [6.07, 6.45) is 11.0. The van der Waals surface area contributed by atoms with Crippen molar-refractivity contribution < 1.29 is 13.2 Å². The smallest absolute Gasteiger partial charge is 0.251 e. The molecule has 31 heavy (non-hydrogen) atoms. The number of hydrogen-bond acceptors (Lipinski definition) is 3. The lowest BCUT2D eigenvalue weighted by Gasteiger charge is -2.57. The second-order valence-electron chi connectivity index (χ2n) is 10.4. The molecule has 4 saturated carbocycles. The molecule has 0 heterocycles. The summed E-state index contributed by atoms with van der Waals surface area (Å²) in [6.45, 7) is 5.71. The number of nitrogens with zero attached hydrogens (tertiary/aromatic N) is 1. The van der Waals surface area contributed by atoms with Crippen LogP contribution in [0.2, 0.25) is 0 Å². The summed E-state index contributed by atoms with van der Waals surface area (Å²) in [5, 5.41) is 3.10. The van der Waals surface area contributed by atoms with Crippen LogP contribution < -0.4 is 5.32 Å². The first kappa shape index (κ1) is 22.8. The Morgan fingerprint density at radius 2 is 1.48 bits per heavy atom. The Morgan fingerprint density at radius 3 is 1.97 bits per heavy atom. The molecular formula is C25H38N2O3S. The second kappa shape index (κ2) is 9.22. The summed E-state index contributed by atoms with van der Waals surface area (Å²) < 4.78 is 27.3. The van der Waals surface area contributed by atoms with Crippen molar-refractivity contribution in [2.24, 2.45) is 23.2 Å². The van der Waals surface area contributed by atoms with E-state index < -0.39 is 10.0 Å². The van der Waals surface area contributed by atoms with Crippen LogP contribution in [-0.4, -0.2) is 38.3 Å². The van der Waals surface area contributed by atoms with E-state index in [0.717, 1.165) is 37.0 Å². The number of hydrogen-bond donors (Lipinski definition) is 1. The van der Waals surface area contributed by atoms with Gasteiger partial charge in [0.1, 0.15) is 0 Å². The van der Waals surface area contributed by atoms with Gasteiger partial charge in [0.15, 0.2) is 0 Å². The molecule has 0 spiro atoms. The number of carbonyl (C=O) groups is 1. The van der Waals surface area contributed by atoms with Crippen molar-refractivity contribution >= 4 is 15.9 Å². The summed E-state index contributed by atoms with van der Waals surface area (Å²) >= 11 is 0. The van der Waals surface area contributed by atoms with E-state index in [2.05, 4.69) is 5.32 Å². The van der Waals surface area contributed by atoms with Gasteiger partial charge in [-0.2, -0.15) is 4.31 Å². The monoisotopic (exact) mass is 446 g/mol. The number of sulfonamides is 1. The van der Waals surface area contributed by atoms with Gasteiger partial charge in [0.25, 0.3) is 5.91 Å². The molecule has 1 N–H and O–H groups in total. The standard InChI is InChI=1S/C25H38N2O3S/c1-3-11-27(12-4-2)31(29,30)23-7-5-22(6-8-23)24(28)26-10-9-25-16-19-13-20(17-25)15-21(14-19)18-25/h5-8,19-21H,3-4,9-18H2,1-2H3,(H,26,28). The lowest BCUT2D eigenvalue weighted by Crippen LogP contribution is -2.47. The molecule has 1 amide bonds. The number of nitrogens with one attached hydrogen (secondary N) is 1. The van der Waals surface area contributed by atoms with Gasteiger partial charge in [-0.05, 0) is 105 Å². The largest absolute Gasteiger partial charge is 0.352 e. The Kier molecular flexibility index (Phi) is 6.78. The van der Waals surface area contributed by atoms with Crippen LogP contribution in [0.3, 0.4) is 0 Å². The first-order valence-electron chi connectivity index (χ1n) is 12.2. The van der Waals surface area contributed by atoms with E-state index in [9.17, 15) is 13.2 Å². The fourth-order valence-corrected chi connectivity index (χ4v) is 8.54. The van der Waals surface area contributed by atoms with Crippen LogP contribution in [-0.2, 0) is 10.0 Å². The number of benzene rings is 1. The van der Waals surface area contributed by atoms with E-state index in [0.29, 0.717) is 30.6 Å². The van der Waals surface area contributed by atoms with E-state index in [4.69, 9.17) is 0 Å². The first-order chi connectivity index (χ1) is 14.8. The fourth-order valence-electron chi connectivity index (χ4n) is 6.92. The van der Waals surface area contributed by atoms with Crippen molar-refractivity contribution in [3.63, 3.8) is 0 Å². The lowest BCUT2D eigenvalue weighted by molar-refractivity contribution is -0.0564. The van der Waals surface area contributed by atoms with Crippen LogP contribution in [0.4, 0.5) is 0 Å². The van der Waals surface area contributed by atoms with E-state index in [1.54, 1.807) is 24.3 Å². The third-order valence-corrected chi connectivity index (χ3v) is 9.72. The normalized spacial score (nSPS) is 29.5. The molecule has 1 aromatic rings. The van der Waals surface area contributed by atoms with E-state index in [1.807, 2.05) is 13.8 Å². The number of carbonyl (C=O) groups excluding carboxylic acids is 1. The van der Waals surface area contributed by atoms with Gasteiger partial charge in [0.05, 0.1) is 4.90 Å². The maximum atomic E-state index is 12.9. The fraction of sp³-hybridized carbons (Fsp3) is 0.720. The third kappa shape index (κ3) is 4.85. The highest BCUT2D eigenvalue weighted by Crippen LogP contribution is 2.61. The first-order valence-corrected chi connectivity index (χ1v) is 13.7. The minimum atomic E-state index is -3.51. The molecule has 0 unspecified atom stereocenters. The molecule has 172 valence electrons. The molecular weight excluding hydrogens is 408 g/mol. The highest BCUT2D eigenvalue weighted by atomic mass is 32.2. The highest BCUT2D eigenvalue weighted by molar-refractivity contribution is 7.89. The summed E-state index contributed by atoms with van der Waals surface area (Å²) in [7, 11) is -3.51. The third-order valence-electron chi connectivity index (χ3n) is 7.81. The van der Waals surface area contributed by atoms with Crippen molar-refractivity contribution in [3.05, 3.63) is 29.8 Å². The summed E-state index contributed by atoms with van der Waals surface area (Å²) in [5.74, 6) is 2.68. The quantitative estimate of drug-likeness (QED) is 0.560. The lowest BCUT2D eigenvalue weighted by atomic mass is 9.49. The Balaban J connectivity index is 1.33. The van der Waals surface area contributed by atoms with Gasteiger partial charge in [-0.3, -0.25) is 4.79 Å². The van der Waals surface area contributed by atoms with Crippen molar-refractivity contribution in [1.82, 2.24) is 9.62 Å². The van der Waals surface area contributed by atoms with Crippen LogP contribution >= 0.6 is 0 Å². The molecule has 6 heteroatoms. The van der Waals surface area contributed by atoms with Gasteiger partial charge in [-0.25, -0.2) is 8.42 Å². The predicted molar refractivity (Wildman–Crippen MR) is 123 cm³/mol. The average Bonchev–Trinajstić information content (AvgIpc) is 2.72. The summed E-state index contributed by atoms with van der Waals surface area (Å²) in [4.78, 5) is 12.9. The van der Waals surface area contributed by atoms with Crippen molar-refractivity contribution in [1.29, 1.82) is 0 Å². The van der Waals surface area contributed by atoms with Crippen LogP contribution in [0, 0.1) is 23.2 Å². The van der Waals surface area contributed by atoms with Crippen LogP contribution in [0.25, 0.3) is 0 Å². The maximum absolute atomic E-state index is 12.9. The zero-order valence-electron chi connectivity index (χ0n) is 19.1. The summed E-state index contributed by atoms with van der Waals surface area (Å²) in [6, 6.07) is 6.43. The zero-order valence-corrected chi connectivity index (χ0v) is 19.9. The molecule has 0 saturated heterocycles. The SMILES string of the molecule is CCCN(CCC)S(=O)(=O)c1ccc(C(=O)NCCC23CC4CC(CC(C4)C2)C3)cc1. The second-order valence-corrected chi connectivity index (χ2v) is 12.3. The van der Waals surface area contributed by atoms with Gasteiger partial charge in [-0.15, -0.1) is 0 Å². The van der Waals surface area contributed by atoms with Crippen molar-refractivity contribution in [3.8, 4) is 0 Å². The molecule has 4 aliphatic rings. The molecule has 0 radical (unpaired) electrons. The van der Waals surface area contributed by atoms with Crippen LogP contribution in [0.15, 0.2) is 29.2 Å². The Hall–Kier alpha value is -1.40. The minimum Gasteiger partial charge on any atom is -0.352 e. The number of amides is 1. The molecule has 0 atom stereocenters. The van der Waals surface area contributed by atoms with Gasteiger partial charge in [0.2, 0.25) is 10.0 Å². The highest BCUT2D eigenvalue weighted by Gasteiger charge is 2.50. The Labute approximate surface area is 188 Å². The maximum Gasteiger partial charge on any atom is 0.251 e. The molecule has 0 aliphatic heterocycles. The minimum absolute atomic E-state index is 0.104. The van der Waals surface area contributed by atoms with Gasteiger partial charge >= 0.3 is 0 Å². The molecule has 4 fully saturated rings. The predicted octanol–water partition coefficient (Wildman–Crippen LogP) is 4.83. The van der Waals surface area contributed by atoms with Gasteiger partial charge in [0, 0.05) is 25.2 Å². The zero-order chi connectivity index (χ0) is 22.1. The van der Waals surface area contributed by atoms with Crippen LogP contribution in [0.5, 0.6) is 0 Å². The Morgan fingerprint density at radius 1 is 0.968 bits per heavy atom. The molecule has 5 rings (SSSR count).